The van der Waals surface area contributed by atoms with E-state index in [0.717, 1.165) is 21.5 Å². The van der Waals surface area contributed by atoms with Crippen LogP contribution in [0.2, 0.25) is 0 Å². The minimum atomic E-state index is -4.73. The third kappa shape index (κ3) is 4.31. The number of rotatable bonds is 5. The number of aromatic nitrogens is 4. The molecule has 5 rings (SSSR count). The Balaban J connectivity index is 1.79. The number of hydrogen-bond donors (Lipinski definition) is 1. The lowest BCUT2D eigenvalue weighted by molar-refractivity contribution is -0.137. The molecule has 0 saturated heterocycles. The van der Waals surface area contributed by atoms with Crippen LogP contribution in [0.1, 0.15) is 25.5 Å². The van der Waals surface area contributed by atoms with E-state index in [4.69, 9.17) is 5.73 Å². The Labute approximate surface area is 211 Å². The van der Waals surface area contributed by atoms with E-state index in [-0.39, 0.29) is 39.8 Å². The van der Waals surface area contributed by atoms with Crippen molar-refractivity contribution in [3.05, 3.63) is 76.8 Å². The Morgan fingerprint density at radius 3 is 2.32 bits per heavy atom. The molecule has 7 nitrogen and oxygen atoms in total. The van der Waals surface area contributed by atoms with E-state index in [1.54, 1.807) is 24.4 Å². The van der Waals surface area contributed by atoms with Crippen molar-refractivity contribution in [1.82, 2.24) is 19.3 Å². The molecule has 3 heterocycles. The third-order valence-electron chi connectivity index (χ3n) is 6.07. The highest BCUT2D eigenvalue weighted by molar-refractivity contribution is 5.98. The van der Waals surface area contributed by atoms with Crippen LogP contribution in [-0.4, -0.2) is 25.9 Å². The predicted octanol–water partition coefficient (Wildman–Crippen LogP) is 6.19. The highest BCUT2D eigenvalue weighted by Crippen LogP contribution is 2.35. The summed E-state index contributed by atoms with van der Waals surface area (Å²) in [5, 5.41) is 5.10. The Kier molecular flexibility index (Phi) is 6.04. The SMILES string of the molecule is CC(C)n1ncc2cc(-c3c(N)c4ncc(C(F)(F)F)cc4n(-c4ccc(OC(F)F)cc4)c3=O)ccc21. The molecule has 0 aliphatic rings. The molecule has 3 aromatic heterocycles. The van der Waals surface area contributed by atoms with Gasteiger partial charge in [-0.05, 0) is 61.9 Å². The van der Waals surface area contributed by atoms with Crippen molar-refractivity contribution < 1.29 is 26.7 Å². The molecular weight excluding hydrogens is 509 g/mol. The first-order valence-electron chi connectivity index (χ1n) is 11.4. The van der Waals surface area contributed by atoms with Crippen molar-refractivity contribution in [1.29, 1.82) is 0 Å². The second-order valence-corrected chi connectivity index (χ2v) is 8.85. The standard InChI is InChI=1S/C26H20F5N5O2/c1-13(2)36-19-8-3-14(9-15(19)11-34-36)21-22(32)23-20(10-16(12-33-23)26(29,30)31)35(24(21)37)17-4-6-18(7-5-17)38-25(27)28/h3-13,25H,32H2,1-2H3. The first-order chi connectivity index (χ1) is 18.0. The van der Waals surface area contributed by atoms with Crippen LogP contribution in [0, 0.1) is 0 Å². The van der Waals surface area contributed by atoms with Gasteiger partial charge >= 0.3 is 12.8 Å². The molecule has 196 valence electrons. The van der Waals surface area contributed by atoms with Crippen molar-refractivity contribution in [2.24, 2.45) is 0 Å². The van der Waals surface area contributed by atoms with E-state index in [1.807, 2.05) is 18.5 Å². The fourth-order valence-corrected chi connectivity index (χ4v) is 4.37. The van der Waals surface area contributed by atoms with Gasteiger partial charge in [0.15, 0.2) is 0 Å². The average Bonchev–Trinajstić information content (AvgIpc) is 3.28. The summed E-state index contributed by atoms with van der Waals surface area (Å²) >= 11 is 0. The van der Waals surface area contributed by atoms with E-state index < -0.39 is 23.9 Å². The number of anilines is 1. The molecule has 0 bridgehead atoms. The highest BCUT2D eigenvalue weighted by atomic mass is 19.4. The zero-order valence-electron chi connectivity index (χ0n) is 20.0. The Hall–Kier alpha value is -4.48. The normalized spacial score (nSPS) is 12.2. The first-order valence-corrected chi connectivity index (χ1v) is 11.4. The number of benzene rings is 2. The maximum absolute atomic E-state index is 13.9. The molecule has 0 aliphatic heterocycles. The van der Waals surface area contributed by atoms with Crippen molar-refractivity contribution in [2.75, 3.05) is 5.73 Å². The van der Waals surface area contributed by atoms with Gasteiger partial charge in [-0.1, -0.05) is 6.07 Å². The lowest BCUT2D eigenvalue weighted by atomic mass is 10.0. The molecule has 0 spiro atoms. The predicted molar refractivity (Wildman–Crippen MR) is 132 cm³/mol. The largest absolute Gasteiger partial charge is 0.435 e. The number of nitrogens with zero attached hydrogens (tertiary/aromatic N) is 4. The van der Waals surface area contributed by atoms with Crippen LogP contribution in [0.3, 0.4) is 0 Å². The fraction of sp³-hybridized carbons (Fsp3) is 0.192. The Bertz CT molecular complexity index is 1720. The fourth-order valence-electron chi connectivity index (χ4n) is 4.37. The van der Waals surface area contributed by atoms with Crippen LogP contribution in [0.15, 0.2) is 65.7 Å². The summed E-state index contributed by atoms with van der Waals surface area (Å²) in [6.45, 7) is 0.874. The molecule has 0 fully saturated rings. The monoisotopic (exact) mass is 529 g/mol. The molecular formula is C26H20F5N5O2. The molecule has 2 aromatic carbocycles. The molecule has 2 N–H and O–H groups in total. The quantitative estimate of drug-likeness (QED) is 0.275. The maximum Gasteiger partial charge on any atom is 0.417 e. The van der Waals surface area contributed by atoms with Gasteiger partial charge in [-0.25, -0.2) is 0 Å². The summed E-state index contributed by atoms with van der Waals surface area (Å²) in [5.41, 5.74) is 5.62. The van der Waals surface area contributed by atoms with Crippen molar-refractivity contribution in [2.45, 2.75) is 32.7 Å². The van der Waals surface area contributed by atoms with Crippen molar-refractivity contribution in [3.63, 3.8) is 0 Å². The molecule has 12 heteroatoms. The topological polar surface area (TPSA) is 88.0 Å². The van der Waals surface area contributed by atoms with E-state index in [1.165, 1.54) is 24.3 Å². The molecule has 5 aromatic rings. The molecule has 0 radical (unpaired) electrons. The smallest absolute Gasteiger partial charge is 0.417 e. The van der Waals surface area contributed by atoms with Crippen molar-refractivity contribution >= 4 is 27.6 Å². The number of nitrogen functional groups attached to an aromatic ring is 1. The molecule has 0 unspecified atom stereocenters. The number of hydrogen-bond acceptors (Lipinski definition) is 5. The highest BCUT2D eigenvalue weighted by Gasteiger charge is 2.32. The zero-order valence-corrected chi connectivity index (χ0v) is 20.0. The molecule has 38 heavy (non-hydrogen) atoms. The number of nitrogens with two attached hydrogens (primary N) is 1. The van der Waals surface area contributed by atoms with Crippen molar-refractivity contribution in [3.8, 4) is 22.6 Å². The van der Waals surface area contributed by atoms with Crippen LogP contribution in [0.4, 0.5) is 27.6 Å². The van der Waals surface area contributed by atoms with Crippen LogP contribution in [0.5, 0.6) is 5.75 Å². The summed E-state index contributed by atoms with van der Waals surface area (Å²) in [7, 11) is 0. The van der Waals surface area contributed by atoms with E-state index in [2.05, 4.69) is 14.8 Å². The van der Waals surface area contributed by atoms with Gasteiger partial charge in [0.1, 0.15) is 11.3 Å². The summed E-state index contributed by atoms with van der Waals surface area (Å²) in [6.07, 6.45) is -2.44. The van der Waals surface area contributed by atoms with Gasteiger partial charge in [-0.15, -0.1) is 0 Å². The molecule has 0 saturated carbocycles. The van der Waals surface area contributed by atoms with Gasteiger partial charge in [0, 0.05) is 23.3 Å². The van der Waals surface area contributed by atoms with Crippen LogP contribution in [-0.2, 0) is 6.18 Å². The van der Waals surface area contributed by atoms with E-state index in [9.17, 15) is 26.7 Å². The van der Waals surface area contributed by atoms with Gasteiger partial charge in [0.05, 0.1) is 34.0 Å². The molecule has 0 atom stereocenters. The van der Waals surface area contributed by atoms with Crippen LogP contribution in [0.25, 0.3) is 38.8 Å². The summed E-state index contributed by atoms with van der Waals surface area (Å²) in [4.78, 5) is 17.8. The minimum absolute atomic E-state index is 0.0249. The maximum atomic E-state index is 13.9. The van der Waals surface area contributed by atoms with Gasteiger partial charge in [0.25, 0.3) is 5.56 Å². The minimum Gasteiger partial charge on any atom is -0.435 e. The van der Waals surface area contributed by atoms with E-state index in [0.29, 0.717) is 11.8 Å². The first kappa shape index (κ1) is 25.2. The number of pyridine rings is 2. The lowest BCUT2D eigenvalue weighted by Gasteiger charge is -2.17. The van der Waals surface area contributed by atoms with Gasteiger partial charge in [0.2, 0.25) is 0 Å². The summed E-state index contributed by atoms with van der Waals surface area (Å²) < 4.78 is 73.0. The Morgan fingerprint density at radius 2 is 1.68 bits per heavy atom. The molecule has 0 aliphatic carbocycles. The van der Waals surface area contributed by atoms with Crippen LogP contribution >= 0.6 is 0 Å². The van der Waals surface area contributed by atoms with E-state index >= 15 is 0 Å². The van der Waals surface area contributed by atoms with Crippen LogP contribution < -0.4 is 16.0 Å². The molecule has 0 amide bonds. The summed E-state index contributed by atoms with van der Waals surface area (Å²) in [5.74, 6) is -0.182. The number of ether oxygens (including phenoxy) is 1. The second-order valence-electron chi connectivity index (χ2n) is 8.85. The lowest BCUT2D eigenvalue weighted by Crippen LogP contribution is -2.23. The number of fused-ring (bicyclic) bond motifs is 2. The number of alkyl halides is 5. The second kappa shape index (κ2) is 9.12. The average molecular weight is 529 g/mol. The summed E-state index contributed by atoms with van der Waals surface area (Å²) in [6, 6.07) is 11.0. The van der Waals surface area contributed by atoms with Gasteiger partial charge < -0.3 is 10.5 Å². The van der Waals surface area contributed by atoms with Gasteiger partial charge in [-0.2, -0.15) is 27.1 Å². The third-order valence-corrected chi connectivity index (χ3v) is 6.07. The number of halogens is 5. The zero-order chi connectivity index (χ0) is 27.4. The van der Waals surface area contributed by atoms with Gasteiger partial charge in [-0.3, -0.25) is 19.0 Å². The Morgan fingerprint density at radius 1 is 0.974 bits per heavy atom.